The van der Waals surface area contributed by atoms with Gasteiger partial charge in [0.15, 0.2) is 0 Å². The molecule has 118 valence electrons. The topological polar surface area (TPSA) is 41.1 Å². The van der Waals surface area contributed by atoms with Crippen LogP contribution >= 0.6 is 0 Å². The van der Waals surface area contributed by atoms with Gasteiger partial charge in [0.1, 0.15) is 0 Å². The zero-order valence-corrected chi connectivity index (χ0v) is 14.6. The summed E-state index contributed by atoms with van der Waals surface area (Å²) in [5.41, 5.74) is 0. The molecule has 3 heteroatoms. The summed E-state index contributed by atoms with van der Waals surface area (Å²) >= 11 is 0. The molecule has 0 rings (SSSR count). The van der Waals surface area contributed by atoms with Crippen LogP contribution in [-0.4, -0.2) is 25.5 Å². The highest BCUT2D eigenvalue weighted by molar-refractivity contribution is 5.75. The molecule has 0 aromatic heterocycles. The molecule has 0 unspecified atom stereocenters. The number of hydrogen-bond acceptors (Lipinski definition) is 2. The Morgan fingerprint density at radius 1 is 1.11 bits per heavy atom. The summed E-state index contributed by atoms with van der Waals surface area (Å²) in [6.07, 6.45) is 3.91. The van der Waals surface area contributed by atoms with Gasteiger partial charge in [-0.25, -0.2) is 0 Å². The van der Waals surface area contributed by atoms with Gasteiger partial charge >= 0.3 is 0 Å². The highest BCUT2D eigenvalue weighted by Crippen LogP contribution is 2.02. The van der Waals surface area contributed by atoms with E-state index in [1.54, 1.807) is 0 Å². The monoisotopic (exact) mass is 274 g/mol. The first-order valence-electron chi connectivity index (χ1n) is 7.87. The average Bonchev–Trinajstić information content (AvgIpc) is 2.39. The molecular weight excluding hydrogens is 236 g/mol. The van der Waals surface area contributed by atoms with Gasteiger partial charge in [-0.2, -0.15) is 0 Å². The molecule has 0 aromatic rings. The number of carbonyl (C=O) groups excluding carboxylic acids is 1. The minimum atomic E-state index is 0.206. The molecule has 0 heterocycles. The molecular formula is C16H38N2O. The Hall–Kier alpha value is -0.570. The maximum Gasteiger partial charge on any atom is 0.220 e. The number of amides is 1. The zero-order chi connectivity index (χ0) is 15.7. The lowest BCUT2D eigenvalue weighted by Gasteiger charge is -2.05. The summed E-state index contributed by atoms with van der Waals surface area (Å²) in [6, 6.07) is 0.634. The van der Waals surface area contributed by atoms with Crippen molar-refractivity contribution in [3.63, 3.8) is 0 Å². The van der Waals surface area contributed by atoms with E-state index in [-0.39, 0.29) is 5.91 Å². The Balaban J connectivity index is -0.000000307. The molecule has 0 bridgehead atoms. The summed E-state index contributed by atoms with van der Waals surface area (Å²) < 4.78 is 0. The summed E-state index contributed by atoms with van der Waals surface area (Å²) in [5, 5.41) is 5.93. The van der Waals surface area contributed by atoms with Crippen LogP contribution in [0.2, 0.25) is 0 Å². The highest BCUT2D eigenvalue weighted by Gasteiger charge is 2.01. The van der Waals surface area contributed by atoms with Gasteiger partial charge in [0.2, 0.25) is 5.91 Å². The normalized spacial score (nSPS) is 9.37. The smallest absolute Gasteiger partial charge is 0.220 e. The van der Waals surface area contributed by atoms with Crippen molar-refractivity contribution in [1.82, 2.24) is 10.6 Å². The second-order valence-corrected chi connectivity index (χ2v) is 5.08. The number of carbonyl (C=O) groups is 1. The Morgan fingerprint density at radius 2 is 1.58 bits per heavy atom. The maximum atomic E-state index is 11.1. The molecule has 1 amide bonds. The zero-order valence-electron chi connectivity index (χ0n) is 14.6. The van der Waals surface area contributed by atoms with Crippen molar-refractivity contribution >= 4 is 5.91 Å². The van der Waals surface area contributed by atoms with Crippen molar-refractivity contribution in [1.29, 1.82) is 0 Å². The van der Waals surface area contributed by atoms with E-state index in [4.69, 9.17) is 0 Å². The minimum absolute atomic E-state index is 0.206. The SMILES string of the molecule is CC.CCCCNC(=O)CCC(C)C.CNC(C)C. The minimum Gasteiger partial charge on any atom is -0.356 e. The van der Waals surface area contributed by atoms with Crippen molar-refractivity contribution < 1.29 is 4.79 Å². The lowest BCUT2D eigenvalue weighted by atomic mass is 10.1. The molecule has 0 fully saturated rings. The van der Waals surface area contributed by atoms with Gasteiger partial charge in [-0.3, -0.25) is 4.79 Å². The molecule has 0 aliphatic heterocycles. The van der Waals surface area contributed by atoms with Crippen LogP contribution in [0.5, 0.6) is 0 Å². The van der Waals surface area contributed by atoms with E-state index >= 15 is 0 Å². The van der Waals surface area contributed by atoms with Crippen molar-refractivity contribution in [3.8, 4) is 0 Å². The van der Waals surface area contributed by atoms with Crippen molar-refractivity contribution in [3.05, 3.63) is 0 Å². The van der Waals surface area contributed by atoms with Crippen molar-refractivity contribution in [2.24, 2.45) is 5.92 Å². The molecule has 2 N–H and O–H groups in total. The Kier molecular flexibility index (Phi) is 24.5. The molecule has 3 nitrogen and oxygen atoms in total. The summed E-state index contributed by atoms with van der Waals surface area (Å²) in [5.74, 6) is 0.832. The number of nitrogens with one attached hydrogen (secondary N) is 2. The van der Waals surface area contributed by atoms with Gasteiger partial charge in [-0.1, -0.05) is 54.9 Å². The van der Waals surface area contributed by atoms with Crippen LogP contribution in [0.1, 0.15) is 74.1 Å². The molecule has 0 saturated heterocycles. The van der Waals surface area contributed by atoms with Gasteiger partial charge in [0, 0.05) is 19.0 Å². The van der Waals surface area contributed by atoms with Crippen LogP contribution in [0.25, 0.3) is 0 Å². The molecule has 0 aliphatic rings. The Bertz CT molecular complexity index is 168. The summed E-state index contributed by atoms with van der Waals surface area (Å²) in [6.45, 7) is 15.5. The van der Waals surface area contributed by atoms with Crippen LogP contribution < -0.4 is 10.6 Å². The van der Waals surface area contributed by atoms with Crippen molar-refractivity contribution in [2.75, 3.05) is 13.6 Å². The molecule has 0 saturated carbocycles. The quantitative estimate of drug-likeness (QED) is 0.689. The third-order valence-electron chi connectivity index (χ3n) is 2.38. The lowest BCUT2D eigenvalue weighted by molar-refractivity contribution is -0.121. The third-order valence-corrected chi connectivity index (χ3v) is 2.38. The van der Waals surface area contributed by atoms with E-state index < -0.39 is 0 Å². The highest BCUT2D eigenvalue weighted by atomic mass is 16.1. The Morgan fingerprint density at radius 3 is 1.89 bits per heavy atom. The van der Waals surface area contributed by atoms with E-state index in [0.29, 0.717) is 18.4 Å². The molecule has 19 heavy (non-hydrogen) atoms. The van der Waals surface area contributed by atoms with Crippen molar-refractivity contribution in [2.45, 2.75) is 80.2 Å². The Labute approximate surface area is 121 Å². The van der Waals surface area contributed by atoms with Gasteiger partial charge in [-0.05, 0) is 25.8 Å². The second kappa shape index (κ2) is 19.8. The maximum absolute atomic E-state index is 11.1. The first kappa shape index (κ1) is 23.5. The van der Waals surface area contributed by atoms with Gasteiger partial charge in [-0.15, -0.1) is 0 Å². The van der Waals surface area contributed by atoms with Gasteiger partial charge in [0.25, 0.3) is 0 Å². The van der Waals surface area contributed by atoms with E-state index in [1.807, 2.05) is 20.9 Å². The van der Waals surface area contributed by atoms with E-state index in [1.165, 1.54) is 0 Å². The van der Waals surface area contributed by atoms with E-state index in [0.717, 1.165) is 25.8 Å². The standard InChI is InChI=1S/C10H21NO.C4H11N.C2H6/c1-4-5-8-11-10(12)7-6-9(2)3;1-4(2)5-3;1-2/h9H,4-8H2,1-3H3,(H,11,12);4-5H,1-3H3;1-2H3. The van der Waals surface area contributed by atoms with Gasteiger partial charge in [0.05, 0.1) is 0 Å². The third kappa shape index (κ3) is 31.8. The molecule has 0 spiro atoms. The van der Waals surface area contributed by atoms with Crippen LogP contribution in [0.4, 0.5) is 0 Å². The van der Waals surface area contributed by atoms with Crippen LogP contribution in [0.3, 0.4) is 0 Å². The van der Waals surface area contributed by atoms with E-state index in [2.05, 4.69) is 45.3 Å². The fourth-order valence-corrected chi connectivity index (χ4v) is 0.913. The second-order valence-electron chi connectivity index (χ2n) is 5.08. The van der Waals surface area contributed by atoms with Crippen LogP contribution in [0.15, 0.2) is 0 Å². The van der Waals surface area contributed by atoms with Crippen LogP contribution in [-0.2, 0) is 4.79 Å². The molecule has 0 atom stereocenters. The van der Waals surface area contributed by atoms with Crippen LogP contribution in [0, 0.1) is 5.92 Å². The van der Waals surface area contributed by atoms with E-state index in [9.17, 15) is 4.79 Å². The largest absolute Gasteiger partial charge is 0.356 e. The summed E-state index contributed by atoms with van der Waals surface area (Å²) in [7, 11) is 1.95. The fourth-order valence-electron chi connectivity index (χ4n) is 0.913. The fraction of sp³-hybridized carbons (Fsp3) is 0.938. The number of rotatable bonds is 7. The van der Waals surface area contributed by atoms with Gasteiger partial charge < -0.3 is 10.6 Å². The molecule has 0 radical (unpaired) electrons. The predicted octanol–water partition coefficient (Wildman–Crippen LogP) is 3.98. The number of unbranched alkanes of at least 4 members (excludes halogenated alkanes) is 1. The lowest BCUT2D eigenvalue weighted by Crippen LogP contribution is -2.24. The molecule has 0 aromatic carbocycles. The average molecular weight is 274 g/mol. The number of hydrogen-bond donors (Lipinski definition) is 2. The molecule has 0 aliphatic carbocycles. The first-order chi connectivity index (χ1) is 8.93. The first-order valence-corrected chi connectivity index (χ1v) is 7.87. The predicted molar refractivity (Wildman–Crippen MR) is 87.5 cm³/mol. The summed E-state index contributed by atoms with van der Waals surface area (Å²) in [4.78, 5) is 11.1.